The molecular weight excluding hydrogens is 156 g/mol. The van der Waals surface area contributed by atoms with Crippen LogP contribution in [-0.4, -0.2) is 0 Å². The van der Waals surface area contributed by atoms with Gasteiger partial charge in [0.15, 0.2) is 0 Å². The highest BCUT2D eigenvalue weighted by Gasteiger charge is 2.42. The van der Waals surface area contributed by atoms with Crippen LogP contribution in [0.4, 0.5) is 0 Å². The Morgan fingerprint density at radius 1 is 1.00 bits per heavy atom. The van der Waals surface area contributed by atoms with Crippen LogP contribution < -0.4 is 0 Å². The van der Waals surface area contributed by atoms with Crippen molar-refractivity contribution in [1.82, 2.24) is 0 Å². The SMILES string of the molecule is CCCCCC1C[C@@H]1CC1C[C@H]1C. The first-order valence-electron chi connectivity index (χ1n) is 6.31. The molecule has 0 N–H and O–H groups in total. The Morgan fingerprint density at radius 2 is 1.77 bits per heavy atom. The second-order valence-electron chi connectivity index (χ2n) is 5.46. The number of rotatable bonds is 6. The summed E-state index contributed by atoms with van der Waals surface area (Å²) in [6.07, 6.45) is 10.6. The first-order chi connectivity index (χ1) is 6.31. The summed E-state index contributed by atoms with van der Waals surface area (Å²) in [5.74, 6) is 4.53. The molecule has 0 aromatic rings. The van der Waals surface area contributed by atoms with Gasteiger partial charge in [-0.1, -0.05) is 39.5 Å². The molecule has 0 heterocycles. The molecule has 4 atom stereocenters. The van der Waals surface area contributed by atoms with Crippen LogP contribution in [0.25, 0.3) is 0 Å². The number of unbranched alkanes of at least 4 members (excludes halogenated alkanes) is 2. The van der Waals surface area contributed by atoms with Gasteiger partial charge in [0.2, 0.25) is 0 Å². The maximum atomic E-state index is 2.42. The first-order valence-corrected chi connectivity index (χ1v) is 6.31. The van der Waals surface area contributed by atoms with Gasteiger partial charge in [-0.25, -0.2) is 0 Å². The van der Waals surface area contributed by atoms with Crippen LogP contribution in [0, 0.1) is 23.7 Å². The molecule has 76 valence electrons. The second kappa shape index (κ2) is 4.02. The summed E-state index contributed by atoms with van der Waals surface area (Å²) < 4.78 is 0. The van der Waals surface area contributed by atoms with Crippen molar-refractivity contribution in [2.24, 2.45) is 23.7 Å². The Kier molecular flexibility index (Phi) is 2.96. The molecule has 0 heteroatoms. The molecule has 2 aliphatic carbocycles. The van der Waals surface area contributed by atoms with Gasteiger partial charge in [-0.15, -0.1) is 0 Å². The maximum absolute atomic E-state index is 2.42. The Hall–Kier alpha value is 0. The fourth-order valence-electron chi connectivity index (χ4n) is 2.73. The van der Waals surface area contributed by atoms with Gasteiger partial charge in [0.25, 0.3) is 0 Å². The van der Waals surface area contributed by atoms with Crippen molar-refractivity contribution in [2.45, 2.75) is 58.8 Å². The van der Waals surface area contributed by atoms with Crippen molar-refractivity contribution in [3.05, 3.63) is 0 Å². The van der Waals surface area contributed by atoms with Gasteiger partial charge in [0.1, 0.15) is 0 Å². The molecule has 0 aromatic heterocycles. The van der Waals surface area contributed by atoms with E-state index < -0.39 is 0 Å². The minimum Gasteiger partial charge on any atom is -0.0654 e. The van der Waals surface area contributed by atoms with Crippen LogP contribution in [0.3, 0.4) is 0 Å². The lowest BCUT2D eigenvalue weighted by Crippen LogP contribution is -1.87. The fourth-order valence-corrected chi connectivity index (χ4v) is 2.73. The zero-order valence-corrected chi connectivity index (χ0v) is 9.26. The van der Waals surface area contributed by atoms with Gasteiger partial charge in [0.05, 0.1) is 0 Å². The highest BCUT2D eigenvalue weighted by molar-refractivity contribution is 4.93. The average molecular weight is 180 g/mol. The molecule has 0 radical (unpaired) electrons. The van der Waals surface area contributed by atoms with E-state index in [1.807, 2.05) is 0 Å². The third kappa shape index (κ3) is 2.72. The van der Waals surface area contributed by atoms with E-state index in [1.54, 1.807) is 19.3 Å². The van der Waals surface area contributed by atoms with Crippen molar-refractivity contribution in [2.75, 3.05) is 0 Å². The molecule has 2 fully saturated rings. The summed E-state index contributed by atoms with van der Waals surface area (Å²) in [5.41, 5.74) is 0. The highest BCUT2D eigenvalue weighted by atomic mass is 14.5. The van der Waals surface area contributed by atoms with Crippen molar-refractivity contribution in [3.63, 3.8) is 0 Å². The third-order valence-corrected chi connectivity index (χ3v) is 4.13. The number of hydrogen-bond acceptors (Lipinski definition) is 0. The monoisotopic (exact) mass is 180 g/mol. The van der Waals surface area contributed by atoms with Gasteiger partial charge in [-0.3, -0.25) is 0 Å². The first kappa shape index (κ1) is 9.55. The molecule has 0 spiro atoms. The Bertz CT molecular complexity index is 161. The summed E-state index contributed by atoms with van der Waals surface area (Å²) in [5, 5.41) is 0. The summed E-state index contributed by atoms with van der Waals surface area (Å²) in [6, 6.07) is 0. The molecule has 2 unspecified atom stereocenters. The molecule has 0 aliphatic heterocycles. The molecule has 0 nitrogen and oxygen atoms in total. The quantitative estimate of drug-likeness (QED) is 0.536. The number of hydrogen-bond donors (Lipinski definition) is 0. The molecule has 2 rings (SSSR count). The standard InChI is InChI=1S/C13H24/c1-3-4-5-6-11-8-13(11)9-12-7-10(12)2/h10-13H,3-9H2,1-2H3/t10-,11?,12?,13-/m1/s1. The van der Waals surface area contributed by atoms with Crippen LogP contribution in [-0.2, 0) is 0 Å². The van der Waals surface area contributed by atoms with E-state index in [9.17, 15) is 0 Å². The van der Waals surface area contributed by atoms with Gasteiger partial charge >= 0.3 is 0 Å². The van der Waals surface area contributed by atoms with Gasteiger partial charge in [-0.05, 0) is 42.9 Å². The summed E-state index contributed by atoms with van der Waals surface area (Å²) in [4.78, 5) is 0. The summed E-state index contributed by atoms with van der Waals surface area (Å²) in [7, 11) is 0. The van der Waals surface area contributed by atoms with E-state index in [0.717, 1.165) is 23.7 Å². The van der Waals surface area contributed by atoms with E-state index in [-0.39, 0.29) is 0 Å². The Labute approximate surface area is 83.1 Å². The van der Waals surface area contributed by atoms with Crippen LogP contribution in [0.1, 0.15) is 58.8 Å². The van der Waals surface area contributed by atoms with Crippen molar-refractivity contribution in [1.29, 1.82) is 0 Å². The molecule has 2 saturated carbocycles. The molecule has 0 aromatic carbocycles. The van der Waals surface area contributed by atoms with Crippen LogP contribution in [0.2, 0.25) is 0 Å². The topological polar surface area (TPSA) is 0 Å². The maximum Gasteiger partial charge on any atom is -0.0380 e. The van der Waals surface area contributed by atoms with Gasteiger partial charge in [-0.2, -0.15) is 0 Å². The molecule has 13 heavy (non-hydrogen) atoms. The predicted octanol–water partition coefficient (Wildman–Crippen LogP) is 4.25. The van der Waals surface area contributed by atoms with Crippen molar-refractivity contribution >= 4 is 0 Å². The molecular formula is C13H24. The summed E-state index contributed by atoms with van der Waals surface area (Å²) in [6.45, 7) is 4.72. The largest absolute Gasteiger partial charge is 0.0654 e. The average Bonchev–Trinajstić information content (AvgIpc) is 2.97. The third-order valence-electron chi connectivity index (χ3n) is 4.13. The van der Waals surface area contributed by atoms with Crippen LogP contribution >= 0.6 is 0 Å². The molecule has 0 bridgehead atoms. The smallest absolute Gasteiger partial charge is 0.0380 e. The highest BCUT2D eigenvalue weighted by Crippen LogP contribution is 2.53. The second-order valence-corrected chi connectivity index (χ2v) is 5.46. The zero-order chi connectivity index (χ0) is 9.26. The normalized spacial score (nSPS) is 42.0. The Morgan fingerprint density at radius 3 is 2.38 bits per heavy atom. The lowest BCUT2D eigenvalue weighted by molar-refractivity contribution is 0.531. The molecule has 0 amide bonds. The van der Waals surface area contributed by atoms with Crippen molar-refractivity contribution in [3.8, 4) is 0 Å². The lowest BCUT2D eigenvalue weighted by Gasteiger charge is -1.98. The minimum atomic E-state index is 1.08. The fraction of sp³-hybridized carbons (Fsp3) is 1.00. The minimum absolute atomic E-state index is 1.08. The molecule has 2 aliphatic rings. The van der Waals surface area contributed by atoms with Gasteiger partial charge in [0, 0.05) is 0 Å². The summed E-state index contributed by atoms with van der Waals surface area (Å²) >= 11 is 0. The lowest BCUT2D eigenvalue weighted by atomic mass is 10.1. The van der Waals surface area contributed by atoms with E-state index in [4.69, 9.17) is 0 Å². The van der Waals surface area contributed by atoms with Crippen LogP contribution in [0.5, 0.6) is 0 Å². The van der Waals surface area contributed by atoms with E-state index in [1.165, 1.54) is 25.7 Å². The predicted molar refractivity (Wildman–Crippen MR) is 57.6 cm³/mol. The van der Waals surface area contributed by atoms with E-state index in [0.29, 0.717) is 0 Å². The molecule has 0 saturated heterocycles. The Balaban J connectivity index is 1.50. The van der Waals surface area contributed by atoms with Crippen LogP contribution in [0.15, 0.2) is 0 Å². The zero-order valence-electron chi connectivity index (χ0n) is 9.26. The van der Waals surface area contributed by atoms with Crippen molar-refractivity contribution < 1.29 is 0 Å². The van der Waals surface area contributed by atoms with Gasteiger partial charge < -0.3 is 0 Å². The van der Waals surface area contributed by atoms with E-state index in [2.05, 4.69) is 13.8 Å². The van der Waals surface area contributed by atoms with E-state index >= 15 is 0 Å².